The lowest BCUT2D eigenvalue weighted by molar-refractivity contribution is 0.0529. The molecule has 0 saturated carbocycles. The fourth-order valence-corrected chi connectivity index (χ4v) is 4.57. The summed E-state index contributed by atoms with van der Waals surface area (Å²) in [6.45, 7) is 4.24. The average molecular weight is 482 g/mol. The highest BCUT2D eigenvalue weighted by Crippen LogP contribution is 2.36. The summed E-state index contributed by atoms with van der Waals surface area (Å²) in [5, 5.41) is 9.97. The Morgan fingerprint density at radius 1 is 1.12 bits per heavy atom. The lowest BCUT2D eigenvalue weighted by Crippen LogP contribution is -2.27. The van der Waals surface area contributed by atoms with E-state index in [1.807, 2.05) is 13.0 Å². The van der Waals surface area contributed by atoms with Crippen LogP contribution in [0.4, 0.5) is 5.00 Å². The smallest absolute Gasteiger partial charge is 0.341 e. The van der Waals surface area contributed by atoms with Gasteiger partial charge in [0.2, 0.25) is 5.43 Å². The molecule has 33 heavy (non-hydrogen) atoms. The minimum absolute atomic E-state index is 0.176. The summed E-state index contributed by atoms with van der Waals surface area (Å²) in [6.07, 6.45) is 0. The molecule has 168 valence electrons. The number of rotatable bonds is 6. The van der Waals surface area contributed by atoms with Crippen molar-refractivity contribution < 1.29 is 14.3 Å². The number of nitrogens with zero attached hydrogens (tertiary/aromatic N) is 2. The Kier molecular flexibility index (Phi) is 6.57. The Labute approximate surface area is 198 Å². The molecule has 0 radical (unpaired) electrons. The molecule has 0 aliphatic carbocycles. The van der Waals surface area contributed by atoms with Crippen LogP contribution in [0.1, 0.15) is 34.7 Å². The number of carbonyl (C=O) groups excluding carboxylic acids is 2. The number of hydrogen-bond acceptors (Lipinski definition) is 6. The predicted molar refractivity (Wildman–Crippen MR) is 130 cm³/mol. The van der Waals surface area contributed by atoms with E-state index in [1.54, 1.807) is 59.5 Å². The maximum Gasteiger partial charge on any atom is 0.341 e. The first-order valence-electron chi connectivity index (χ1n) is 10.3. The summed E-state index contributed by atoms with van der Waals surface area (Å²) < 4.78 is 6.83. The number of aryl methyl sites for hydroxylation is 1. The third-order valence-corrected chi connectivity index (χ3v) is 6.18. The van der Waals surface area contributed by atoms with Crippen LogP contribution in [0, 0.1) is 0 Å². The van der Waals surface area contributed by atoms with Crippen molar-refractivity contribution >= 4 is 50.7 Å². The van der Waals surface area contributed by atoms with Gasteiger partial charge in [-0.25, -0.2) is 4.79 Å². The average Bonchev–Trinajstić information content (AvgIpc) is 3.23. The number of para-hydroxylation sites is 1. The van der Waals surface area contributed by atoms with Crippen LogP contribution in [0.5, 0.6) is 0 Å². The lowest BCUT2D eigenvalue weighted by atomic mass is 10.0. The molecule has 1 N–H and O–H groups in total. The van der Waals surface area contributed by atoms with Gasteiger partial charge in [-0.15, -0.1) is 11.3 Å². The topological polar surface area (TPSA) is 90.3 Å². The van der Waals surface area contributed by atoms with Crippen LogP contribution in [-0.4, -0.2) is 28.3 Å². The molecular formula is C24H20ClN3O4S. The second-order valence-corrected chi connectivity index (χ2v) is 8.36. The van der Waals surface area contributed by atoms with E-state index in [-0.39, 0.29) is 22.9 Å². The Hall–Kier alpha value is -3.49. The van der Waals surface area contributed by atoms with Gasteiger partial charge in [0.25, 0.3) is 5.91 Å². The summed E-state index contributed by atoms with van der Waals surface area (Å²) in [7, 11) is 0. The number of amides is 1. The van der Waals surface area contributed by atoms with E-state index in [1.165, 1.54) is 11.3 Å². The van der Waals surface area contributed by atoms with Crippen molar-refractivity contribution in [3.63, 3.8) is 0 Å². The Morgan fingerprint density at radius 3 is 2.55 bits per heavy atom. The largest absolute Gasteiger partial charge is 0.462 e. The van der Waals surface area contributed by atoms with Crippen LogP contribution in [0.2, 0.25) is 5.02 Å². The number of carbonyl (C=O) groups is 2. The molecule has 2 aromatic carbocycles. The minimum atomic E-state index is -0.692. The highest BCUT2D eigenvalue weighted by atomic mass is 35.5. The fourth-order valence-electron chi connectivity index (χ4n) is 3.49. The maximum absolute atomic E-state index is 13.1. The van der Waals surface area contributed by atoms with Gasteiger partial charge in [-0.1, -0.05) is 35.9 Å². The molecule has 0 fully saturated rings. The Bertz CT molecular complexity index is 1410. The number of benzene rings is 2. The number of anilines is 1. The SMILES string of the molecule is CCOC(=O)c1c(-c2ccc(Cl)cc2)csc1NC(=O)c1nn(CC)c2ccccc2c1=O. The molecule has 9 heteroatoms. The second-order valence-electron chi connectivity index (χ2n) is 7.05. The third-order valence-electron chi connectivity index (χ3n) is 5.03. The maximum atomic E-state index is 13.1. The molecule has 0 aliphatic heterocycles. The van der Waals surface area contributed by atoms with Gasteiger partial charge in [-0.05, 0) is 43.7 Å². The van der Waals surface area contributed by atoms with Crippen LogP contribution < -0.4 is 10.7 Å². The van der Waals surface area contributed by atoms with Gasteiger partial charge in [0, 0.05) is 27.9 Å². The van der Waals surface area contributed by atoms with E-state index < -0.39 is 17.3 Å². The van der Waals surface area contributed by atoms with Gasteiger partial charge in [-0.2, -0.15) is 5.10 Å². The van der Waals surface area contributed by atoms with Gasteiger partial charge < -0.3 is 10.1 Å². The number of nitrogens with one attached hydrogen (secondary N) is 1. The molecule has 0 aliphatic rings. The van der Waals surface area contributed by atoms with E-state index in [0.29, 0.717) is 28.0 Å². The normalized spacial score (nSPS) is 10.9. The summed E-state index contributed by atoms with van der Waals surface area (Å²) in [5.74, 6) is -1.26. The zero-order valence-corrected chi connectivity index (χ0v) is 19.5. The van der Waals surface area contributed by atoms with Crippen LogP contribution in [0.15, 0.2) is 58.7 Å². The molecule has 0 saturated heterocycles. The molecule has 0 unspecified atom stereocenters. The zero-order chi connectivity index (χ0) is 23.5. The highest BCUT2D eigenvalue weighted by molar-refractivity contribution is 7.15. The summed E-state index contributed by atoms with van der Waals surface area (Å²) >= 11 is 7.16. The molecule has 2 aromatic heterocycles. The molecular weight excluding hydrogens is 462 g/mol. The van der Waals surface area contributed by atoms with Gasteiger partial charge in [0.1, 0.15) is 10.6 Å². The first kappa shape index (κ1) is 22.7. The highest BCUT2D eigenvalue weighted by Gasteiger charge is 2.25. The van der Waals surface area contributed by atoms with Crippen LogP contribution in [0.3, 0.4) is 0 Å². The molecule has 2 heterocycles. The van der Waals surface area contributed by atoms with Crippen molar-refractivity contribution in [2.75, 3.05) is 11.9 Å². The molecule has 0 atom stereocenters. The van der Waals surface area contributed by atoms with Crippen molar-refractivity contribution in [1.82, 2.24) is 9.78 Å². The van der Waals surface area contributed by atoms with E-state index in [0.717, 1.165) is 5.56 Å². The molecule has 4 aromatic rings. The van der Waals surface area contributed by atoms with Crippen molar-refractivity contribution in [2.45, 2.75) is 20.4 Å². The van der Waals surface area contributed by atoms with Crippen LogP contribution in [-0.2, 0) is 11.3 Å². The van der Waals surface area contributed by atoms with Gasteiger partial charge in [-0.3, -0.25) is 14.3 Å². The fraction of sp³-hybridized carbons (Fsp3) is 0.167. The number of aromatic nitrogens is 2. The first-order valence-corrected chi connectivity index (χ1v) is 11.6. The standard InChI is InChI=1S/C24H20ClN3O4S/c1-3-28-18-8-6-5-7-16(18)21(29)20(27-28)22(30)26-23-19(24(31)32-4-2)17(13-33-23)14-9-11-15(25)12-10-14/h5-13H,3-4H2,1-2H3,(H,26,30). The van der Waals surface area contributed by atoms with E-state index >= 15 is 0 Å². The molecule has 0 spiro atoms. The monoisotopic (exact) mass is 481 g/mol. The molecule has 0 bridgehead atoms. The zero-order valence-electron chi connectivity index (χ0n) is 17.9. The number of hydrogen-bond donors (Lipinski definition) is 1. The predicted octanol–water partition coefficient (Wildman–Crippen LogP) is 5.23. The number of ether oxygens (including phenoxy) is 1. The third kappa shape index (κ3) is 4.40. The number of halogens is 1. The van der Waals surface area contributed by atoms with E-state index in [9.17, 15) is 14.4 Å². The van der Waals surface area contributed by atoms with Gasteiger partial charge in [0.15, 0.2) is 5.69 Å². The van der Waals surface area contributed by atoms with Crippen LogP contribution >= 0.6 is 22.9 Å². The van der Waals surface area contributed by atoms with Gasteiger partial charge in [0.05, 0.1) is 12.1 Å². The Morgan fingerprint density at radius 2 is 1.85 bits per heavy atom. The van der Waals surface area contributed by atoms with E-state index in [4.69, 9.17) is 16.3 Å². The van der Waals surface area contributed by atoms with Crippen molar-refractivity contribution in [3.05, 3.63) is 80.4 Å². The molecule has 1 amide bonds. The summed E-state index contributed by atoms with van der Waals surface area (Å²) in [6, 6.07) is 14.0. The quantitative estimate of drug-likeness (QED) is 0.381. The number of fused-ring (bicyclic) bond motifs is 1. The number of thiophene rings is 1. The minimum Gasteiger partial charge on any atom is -0.462 e. The van der Waals surface area contributed by atoms with Crippen molar-refractivity contribution in [3.8, 4) is 11.1 Å². The summed E-state index contributed by atoms with van der Waals surface area (Å²) in [5.41, 5.74) is 1.50. The van der Waals surface area contributed by atoms with Crippen molar-refractivity contribution in [2.24, 2.45) is 0 Å². The second kappa shape index (κ2) is 9.56. The number of esters is 1. The van der Waals surface area contributed by atoms with Gasteiger partial charge >= 0.3 is 5.97 Å². The van der Waals surface area contributed by atoms with Crippen LogP contribution in [0.25, 0.3) is 22.0 Å². The first-order chi connectivity index (χ1) is 15.9. The van der Waals surface area contributed by atoms with E-state index in [2.05, 4.69) is 10.4 Å². The Balaban J connectivity index is 1.77. The molecule has 4 rings (SSSR count). The molecule has 7 nitrogen and oxygen atoms in total. The van der Waals surface area contributed by atoms with Crippen molar-refractivity contribution in [1.29, 1.82) is 0 Å². The lowest BCUT2D eigenvalue weighted by Gasteiger charge is -2.11. The summed E-state index contributed by atoms with van der Waals surface area (Å²) in [4.78, 5) is 38.9.